The van der Waals surface area contributed by atoms with Crippen molar-refractivity contribution in [2.45, 2.75) is 19.3 Å². The number of hydrogen-bond donors (Lipinski definition) is 2. The number of morpholine rings is 1. The molecule has 1 aliphatic heterocycles. The zero-order chi connectivity index (χ0) is 16.6. The molecule has 0 atom stereocenters. The topological polar surface area (TPSA) is 62.8 Å². The molecule has 1 aliphatic carbocycles. The van der Waals surface area contributed by atoms with Crippen LogP contribution in [0.15, 0.2) is 18.2 Å². The van der Waals surface area contributed by atoms with E-state index in [4.69, 9.17) is 9.47 Å². The van der Waals surface area contributed by atoms with E-state index in [0.717, 1.165) is 45.0 Å². The summed E-state index contributed by atoms with van der Waals surface area (Å²) in [7, 11) is 0. The van der Waals surface area contributed by atoms with Gasteiger partial charge in [0.05, 0.1) is 19.8 Å². The van der Waals surface area contributed by atoms with Crippen LogP contribution in [-0.2, 0) is 17.6 Å². The highest BCUT2D eigenvalue weighted by molar-refractivity contribution is 5.73. The average molecular weight is 333 g/mol. The van der Waals surface area contributed by atoms with Crippen molar-refractivity contribution < 1.29 is 14.3 Å². The van der Waals surface area contributed by atoms with E-state index in [1.165, 1.54) is 24.0 Å². The van der Waals surface area contributed by atoms with Crippen LogP contribution in [0.1, 0.15) is 17.5 Å². The molecule has 1 aromatic carbocycles. The van der Waals surface area contributed by atoms with Crippen LogP contribution in [-0.4, -0.2) is 63.5 Å². The van der Waals surface area contributed by atoms with Crippen molar-refractivity contribution in [3.8, 4) is 5.75 Å². The lowest BCUT2D eigenvalue weighted by molar-refractivity contribution is 0.0387. The minimum atomic E-state index is -0.138. The third kappa shape index (κ3) is 5.11. The van der Waals surface area contributed by atoms with Gasteiger partial charge in [0.15, 0.2) is 0 Å². The summed E-state index contributed by atoms with van der Waals surface area (Å²) < 4.78 is 11.0. The maximum atomic E-state index is 11.7. The van der Waals surface area contributed by atoms with Gasteiger partial charge in [-0.1, -0.05) is 6.07 Å². The van der Waals surface area contributed by atoms with Crippen molar-refractivity contribution in [1.82, 2.24) is 15.5 Å². The Kier molecular flexibility index (Phi) is 6.32. The van der Waals surface area contributed by atoms with Crippen LogP contribution in [0.5, 0.6) is 5.75 Å². The van der Waals surface area contributed by atoms with Crippen LogP contribution in [0.25, 0.3) is 0 Å². The van der Waals surface area contributed by atoms with Crippen LogP contribution < -0.4 is 15.4 Å². The smallest absolute Gasteiger partial charge is 0.314 e. The van der Waals surface area contributed by atoms with Gasteiger partial charge in [0.25, 0.3) is 0 Å². The predicted molar refractivity (Wildman–Crippen MR) is 92.6 cm³/mol. The second-order valence-electron chi connectivity index (χ2n) is 6.27. The number of benzene rings is 1. The average Bonchev–Trinajstić information content (AvgIpc) is 3.07. The summed E-state index contributed by atoms with van der Waals surface area (Å²) in [5.74, 6) is 0.894. The predicted octanol–water partition coefficient (Wildman–Crippen LogP) is 1.19. The van der Waals surface area contributed by atoms with Gasteiger partial charge in [-0.25, -0.2) is 4.79 Å². The van der Waals surface area contributed by atoms with Crippen molar-refractivity contribution in [3.63, 3.8) is 0 Å². The summed E-state index contributed by atoms with van der Waals surface area (Å²) in [6.45, 7) is 5.95. The van der Waals surface area contributed by atoms with Crippen LogP contribution in [0.4, 0.5) is 4.79 Å². The Hall–Kier alpha value is -1.79. The monoisotopic (exact) mass is 333 g/mol. The highest BCUT2D eigenvalue weighted by Gasteiger charge is 2.11. The van der Waals surface area contributed by atoms with Crippen LogP contribution in [0.3, 0.4) is 0 Å². The lowest BCUT2D eigenvalue weighted by Crippen LogP contribution is -2.44. The van der Waals surface area contributed by atoms with E-state index in [-0.39, 0.29) is 6.03 Å². The minimum Gasteiger partial charge on any atom is -0.492 e. The van der Waals surface area contributed by atoms with Gasteiger partial charge in [-0.15, -0.1) is 0 Å². The molecule has 6 nitrogen and oxygen atoms in total. The van der Waals surface area contributed by atoms with Gasteiger partial charge in [0.2, 0.25) is 0 Å². The number of nitrogens with one attached hydrogen (secondary N) is 2. The summed E-state index contributed by atoms with van der Waals surface area (Å²) in [6.07, 6.45) is 3.57. The third-order valence-electron chi connectivity index (χ3n) is 4.54. The molecule has 0 saturated carbocycles. The van der Waals surface area contributed by atoms with Gasteiger partial charge in [0, 0.05) is 26.2 Å². The maximum Gasteiger partial charge on any atom is 0.314 e. The van der Waals surface area contributed by atoms with E-state index < -0.39 is 0 Å². The first-order valence-corrected chi connectivity index (χ1v) is 8.88. The fourth-order valence-electron chi connectivity index (χ4n) is 3.19. The van der Waals surface area contributed by atoms with Gasteiger partial charge in [-0.3, -0.25) is 4.90 Å². The number of aryl methyl sites for hydroxylation is 2. The number of nitrogens with zero attached hydrogens (tertiary/aromatic N) is 1. The number of amides is 2. The first-order chi connectivity index (χ1) is 11.8. The molecule has 2 N–H and O–H groups in total. The molecule has 2 aliphatic rings. The van der Waals surface area contributed by atoms with E-state index in [0.29, 0.717) is 19.7 Å². The number of ether oxygens (including phenoxy) is 2. The zero-order valence-corrected chi connectivity index (χ0v) is 14.2. The second kappa shape index (κ2) is 8.89. The van der Waals surface area contributed by atoms with E-state index in [1.807, 2.05) is 6.07 Å². The number of hydrogen-bond acceptors (Lipinski definition) is 4. The normalized spacial score (nSPS) is 17.3. The van der Waals surface area contributed by atoms with Crippen molar-refractivity contribution in [3.05, 3.63) is 29.3 Å². The molecule has 1 aromatic rings. The van der Waals surface area contributed by atoms with Crippen LogP contribution in [0.2, 0.25) is 0 Å². The van der Waals surface area contributed by atoms with Gasteiger partial charge >= 0.3 is 6.03 Å². The highest BCUT2D eigenvalue weighted by Crippen LogP contribution is 2.25. The molecular formula is C18H27N3O3. The molecule has 6 heteroatoms. The number of carbonyl (C=O) groups is 1. The number of carbonyl (C=O) groups excluding carboxylic acids is 1. The fourth-order valence-corrected chi connectivity index (χ4v) is 3.19. The first kappa shape index (κ1) is 17.0. The number of fused-ring (bicyclic) bond motifs is 1. The summed E-state index contributed by atoms with van der Waals surface area (Å²) in [4.78, 5) is 14.0. The Labute approximate surface area is 143 Å². The molecule has 0 aromatic heterocycles. The van der Waals surface area contributed by atoms with Gasteiger partial charge < -0.3 is 20.1 Å². The molecule has 0 unspecified atom stereocenters. The van der Waals surface area contributed by atoms with Gasteiger partial charge in [-0.2, -0.15) is 0 Å². The highest BCUT2D eigenvalue weighted by atomic mass is 16.5. The second-order valence-corrected chi connectivity index (χ2v) is 6.27. The molecule has 1 heterocycles. The van der Waals surface area contributed by atoms with E-state index in [2.05, 4.69) is 27.7 Å². The van der Waals surface area contributed by atoms with Crippen molar-refractivity contribution >= 4 is 6.03 Å². The van der Waals surface area contributed by atoms with Crippen molar-refractivity contribution in [1.29, 1.82) is 0 Å². The Morgan fingerprint density at radius 3 is 2.79 bits per heavy atom. The molecule has 24 heavy (non-hydrogen) atoms. The van der Waals surface area contributed by atoms with Crippen molar-refractivity contribution in [2.75, 3.05) is 52.5 Å². The molecule has 3 rings (SSSR count). The summed E-state index contributed by atoms with van der Waals surface area (Å²) in [6, 6.07) is 6.17. The standard InChI is InChI=1S/C18H27N3O3/c22-18(19-6-8-21-9-12-23-13-10-21)20-7-11-24-17-5-4-15-2-1-3-16(15)14-17/h4-5,14H,1-3,6-13H2,(H2,19,20,22). The molecule has 0 radical (unpaired) electrons. The van der Waals surface area contributed by atoms with Gasteiger partial charge in [-0.05, 0) is 42.5 Å². The Balaban J connectivity index is 1.25. The number of rotatable bonds is 7. The Morgan fingerprint density at radius 1 is 1.12 bits per heavy atom. The van der Waals surface area contributed by atoms with Crippen molar-refractivity contribution in [2.24, 2.45) is 0 Å². The molecule has 132 valence electrons. The largest absolute Gasteiger partial charge is 0.492 e. The van der Waals surface area contributed by atoms with Crippen LogP contribution >= 0.6 is 0 Å². The van der Waals surface area contributed by atoms with E-state index in [1.54, 1.807) is 0 Å². The summed E-state index contributed by atoms with van der Waals surface area (Å²) >= 11 is 0. The molecule has 0 spiro atoms. The zero-order valence-electron chi connectivity index (χ0n) is 14.2. The van der Waals surface area contributed by atoms with E-state index >= 15 is 0 Å². The molecule has 1 saturated heterocycles. The van der Waals surface area contributed by atoms with E-state index in [9.17, 15) is 4.79 Å². The quantitative estimate of drug-likeness (QED) is 0.736. The first-order valence-electron chi connectivity index (χ1n) is 8.88. The van der Waals surface area contributed by atoms with Gasteiger partial charge in [0.1, 0.15) is 12.4 Å². The van der Waals surface area contributed by atoms with Crippen LogP contribution in [0, 0.1) is 0 Å². The Bertz CT molecular complexity index is 544. The maximum absolute atomic E-state index is 11.7. The molecule has 1 fully saturated rings. The third-order valence-corrected chi connectivity index (χ3v) is 4.54. The summed E-state index contributed by atoms with van der Waals surface area (Å²) in [5, 5.41) is 5.70. The molecular weight excluding hydrogens is 306 g/mol. The summed E-state index contributed by atoms with van der Waals surface area (Å²) in [5.41, 5.74) is 2.85. The molecule has 0 bridgehead atoms. The fraction of sp³-hybridized carbons (Fsp3) is 0.611. The number of urea groups is 1. The SMILES string of the molecule is O=C(NCCOc1ccc2c(c1)CCC2)NCCN1CCOCC1. The lowest BCUT2D eigenvalue weighted by Gasteiger charge is -2.26. The Morgan fingerprint density at radius 2 is 1.92 bits per heavy atom. The minimum absolute atomic E-state index is 0.138. The lowest BCUT2D eigenvalue weighted by atomic mass is 10.1. The molecule has 2 amide bonds.